The topological polar surface area (TPSA) is 838 Å². The molecule has 50 nitrogen and oxygen atoms in total. The lowest BCUT2D eigenvalue weighted by atomic mass is 9.94. The number of nitrogens with one attached hydrogen (secondary N) is 20. The molecule has 52 heteroatoms. The van der Waals surface area contributed by atoms with Gasteiger partial charge in [-0.1, -0.05) is 78.6 Å². The number of aromatic hydroxyl groups is 2. The molecule has 0 saturated carbocycles. The van der Waals surface area contributed by atoms with Gasteiger partial charge >= 0.3 is 5.97 Å². The Bertz CT molecular complexity index is 4520. The Hall–Kier alpha value is -12.5. The Morgan fingerprint density at radius 1 is 0.411 bits per heavy atom. The van der Waals surface area contributed by atoms with Crippen molar-refractivity contribution in [1.29, 1.82) is 10.8 Å². The van der Waals surface area contributed by atoms with Crippen molar-refractivity contribution < 1.29 is 107 Å². The highest BCUT2D eigenvalue weighted by molar-refractivity contribution is 7.80. The molecule has 2 aromatic rings. The summed E-state index contributed by atoms with van der Waals surface area (Å²) in [4.78, 5) is 256. The quantitative estimate of drug-likeness (QED) is 0.0127. The van der Waals surface area contributed by atoms with E-state index in [0.717, 1.165) is 13.3 Å². The number of benzene rings is 2. The van der Waals surface area contributed by atoms with Gasteiger partial charge in [0, 0.05) is 44.0 Å². The SMILES string of the molecule is CC[C@H](C)[C@H](NC(=O)[C@@H](NC(=O)[C@@H]1CCCN1C(=O)[C@@H](NC(=O)[C@@H]1CCCN1)C(C)C)[C@@H](C)CC)C(=O)N[C@@H](Cc1ccc(O)cc1)C(=O)N[C@@H](CS)C(=O)N[C@@H](CC(N)=O)C(=O)N[C@@H](CCCNC(=N)N)C(=O)N[C@@H](CCN)C(=O)N[C@H](C(=O)N[C@H](CCN)C(=O)N[C@@H](CCCCN)C(=O)N[C@@H](CS)C(=O)N[C@@H](CCN)C(=O)N[C@@H](CCCNC(=N)N)C(=O)N[C@@H](Cc1ccc(O)cc1)C(=O)O)[C@@H](C)O. The molecule has 0 aromatic heterocycles. The summed E-state index contributed by atoms with van der Waals surface area (Å²) in [5, 5.41) is 103. The number of carboxylic acid groups (broad SMARTS) is 1. The van der Waals surface area contributed by atoms with E-state index in [1.165, 1.54) is 53.4 Å². The molecular formula is C89H148N28O22S2. The van der Waals surface area contributed by atoms with Gasteiger partial charge < -0.3 is 161 Å². The highest BCUT2D eigenvalue weighted by Crippen LogP contribution is 2.24. The summed E-state index contributed by atoms with van der Waals surface area (Å²) in [6, 6.07) is -13.9. The molecule has 2 aliphatic rings. The molecule has 0 spiro atoms. The standard InChI is InChI=1S/C89H148N28O22S2/c1-8-46(5)68(115-84(135)69(47(6)9-2)114-82(133)65-20-15-39-117(65)86(137)67(45(3)4)113-71(122)53-17-12-36-99-53)83(134)109-60(40-49-21-25-51(119)26-22-49)78(129)112-64(44-141)81(132)108-61(42-66(94)121)79(130)104-55(18-13-37-100-88(95)96)72(123)105-59(31-35-93)77(128)116-70(48(7)118)85(136)107-58(30-34-92)76(127)102-54(16-10-11-32-90)74(125)111-63(43-140)80(131)106-57(29-33-91)75(126)103-56(19-14-38-101-89(97)98)73(124)110-62(87(138)139)41-50-23-27-52(120)28-24-50/h21-28,45-48,53-65,67-70,99,118-120,140-141H,8-20,29-44,90-93H2,1-7H3,(H2,94,121)(H,102,127)(H,103,126)(H,104,130)(H,105,123)(H,106,131)(H,107,136)(H,108,132)(H,109,134)(H,110,124)(H,111,125)(H,112,129)(H,113,122)(H,114,133)(H,115,135)(H,116,128)(H,138,139)(H4,95,96,100)(H4,97,98,101)/t46-,47-,48+,53-,54-,55-,56-,57-,58+,59-,60-,61-,62-,63-,64-,65-,67-,68-,69-,70-/m0/s1. The van der Waals surface area contributed by atoms with Crippen LogP contribution < -0.4 is 136 Å². The minimum atomic E-state index is -1.96. The van der Waals surface area contributed by atoms with Crippen LogP contribution in [0, 0.1) is 28.6 Å². The van der Waals surface area contributed by atoms with Crippen LogP contribution in [0.3, 0.4) is 0 Å². The predicted molar refractivity (Wildman–Crippen MR) is 525 cm³/mol. The fourth-order valence-corrected chi connectivity index (χ4v) is 15.8. The Morgan fingerprint density at radius 2 is 0.759 bits per heavy atom. The maximum Gasteiger partial charge on any atom is 0.326 e. The minimum Gasteiger partial charge on any atom is -0.508 e. The summed E-state index contributed by atoms with van der Waals surface area (Å²) in [6.07, 6.45) is -1.72. The van der Waals surface area contributed by atoms with Crippen LogP contribution in [-0.4, -0.2) is 316 Å². The molecule has 0 unspecified atom stereocenters. The van der Waals surface area contributed by atoms with Crippen molar-refractivity contribution in [1.82, 2.24) is 101 Å². The van der Waals surface area contributed by atoms with Gasteiger partial charge in [0.05, 0.1) is 18.6 Å². The zero-order valence-electron chi connectivity index (χ0n) is 80.8. The third kappa shape index (κ3) is 41.3. The van der Waals surface area contributed by atoms with Crippen LogP contribution in [0.2, 0.25) is 0 Å². The average molecular weight is 2030 g/mol. The third-order valence-electron chi connectivity index (χ3n) is 23.8. The second-order valence-corrected chi connectivity index (χ2v) is 36.0. The Morgan fingerprint density at radius 3 is 1.15 bits per heavy atom. The highest BCUT2D eigenvalue weighted by Gasteiger charge is 2.44. The number of rotatable bonds is 64. The van der Waals surface area contributed by atoms with E-state index in [2.05, 4.69) is 121 Å². The molecule has 2 aromatic carbocycles. The van der Waals surface area contributed by atoms with Crippen LogP contribution in [0.4, 0.5) is 0 Å². The number of primary amides is 1. The Kier molecular flexibility index (Phi) is 53.7. The van der Waals surface area contributed by atoms with Crippen LogP contribution in [0.25, 0.3) is 0 Å². The third-order valence-corrected chi connectivity index (χ3v) is 24.6. The van der Waals surface area contributed by atoms with Gasteiger partial charge in [-0.2, -0.15) is 25.3 Å². The van der Waals surface area contributed by atoms with Gasteiger partial charge in [0.15, 0.2) is 11.9 Å². The van der Waals surface area contributed by atoms with E-state index >= 15 is 0 Å². The fraction of sp³-hybridized carbons (Fsp3) is 0.640. The molecule has 2 saturated heterocycles. The van der Waals surface area contributed by atoms with Crippen LogP contribution >= 0.6 is 25.3 Å². The molecule has 17 amide bonds. The highest BCUT2D eigenvalue weighted by atomic mass is 32.1. The van der Waals surface area contributed by atoms with Crippen molar-refractivity contribution in [2.75, 3.05) is 63.9 Å². The number of carbonyl (C=O) groups is 18. The van der Waals surface area contributed by atoms with Crippen molar-refractivity contribution in [3.8, 4) is 11.5 Å². The number of phenols is 2. The molecule has 2 fully saturated rings. The van der Waals surface area contributed by atoms with E-state index in [0.29, 0.717) is 43.4 Å². The fourth-order valence-electron chi connectivity index (χ4n) is 15.3. The molecule has 0 aliphatic carbocycles. The number of thiol groups is 2. The molecule has 788 valence electrons. The molecule has 2 heterocycles. The molecule has 2 aliphatic heterocycles. The van der Waals surface area contributed by atoms with Gasteiger partial charge in [0.25, 0.3) is 0 Å². The summed E-state index contributed by atoms with van der Waals surface area (Å²) in [5.74, 6) is -21.3. The zero-order chi connectivity index (χ0) is 105. The van der Waals surface area contributed by atoms with E-state index in [4.69, 9.17) is 51.0 Å². The van der Waals surface area contributed by atoms with E-state index in [9.17, 15) is 107 Å². The number of likely N-dealkylation sites (tertiary alicyclic amines) is 1. The predicted octanol–water partition coefficient (Wildman–Crippen LogP) is -8.45. The largest absolute Gasteiger partial charge is 0.508 e. The number of aliphatic hydroxyl groups excluding tert-OH is 1. The first-order valence-electron chi connectivity index (χ1n) is 47.3. The van der Waals surface area contributed by atoms with Gasteiger partial charge in [-0.3, -0.25) is 92.3 Å². The Labute approximate surface area is 829 Å². The number of hydrogen-bond acceptors (Lipinski definition) is 30. The number of aliphatic hydroxyl groups is 1. The number of guanidine groups is 2. The van der Waals surface area contributed by atoms with Crippen LogP contribution in [-0.2, 0) is 99.1 Å². The monoisotopic (exact) mass is 2030 g/mol. The van der Waals surface area contributed by atoms with Crippen molar-refractivity contribution >= 4 is 144 Å². The van der Waals surface area contributed by atoms with Gasteiger partial charge in [-0.05, 0) is 183 Å². The van der Waals surface area contributed by atoms with Crippen molar-refractivity contribution in [2.24, 2.45) is 57.9 Å². The number of nitrogens with zero attached hydrogens (tertiary/aromatic N) is 1. The molecular weight excluding hydrogens is 1880 g/mol. The summed E-state index contributed by atoms with van der Waals surface area (Å²) < 4.78 is 0. The summed E-state index contributed by atoms with van der Waals surface area (Å²) >= 11 is 8.60. The summed E-state index contributed by atoms with van der Waals surface area (Å²) in [6.45, 7) is 11.6. The number of carboxylic acids is 1. The molecule has 38 N–H and O–H groups in total. The molecule has 4 rings (SSSR count). The van der Waals surface area contributed by atoms with E-state index < -0.39 is 257 Å². The number of aliphatic carboxylic acids is 1. The molecule has 20 atom stereocenters. The first-order chi connectivity index (χ1) is 66.8. The van der Waals surface area contributed by atoms with E-state index in [1.54, 1.807) is 41.5 Å². The lowest BCUT2D eigenvalue weighted by Gasteiger charge is -2.33. The van der Waals surface area contributed by atoms with Crippen LogP contribution in [0.15, 0.2) is 48.5 Å². The molecule has 0 radical (unpaired) electrons. The van der Waals surface area contributed by atoms with Gasteiger partial charge in [-0.25, -0.2) is 4.79 Å². The smallest absolute Gasteiger partial charge is 0.326 e. The summed E-state index contributed by atoms with van der Waals surface area (Å²) in [5.41, 5.74) is 41.0. The second-order valence-electron chi connectivity index (χ2n) is 35.3. The van der Waals surface area contributed by atoms with Crippen molar-refractivity contribution in [3.05, 3.63) is 59.7 Å². The first-order valence-corrected chi connectivity index (χ1v) is 48.6. The van der Waals surface area contributed by atoms with Gasteiger partial charge in [0.1, 0.15) is 108 Å². The molecule has 0 bridgehead atoms. The van der Waals surface area contributed by atoms with Gasteiger partial charge in [-0.15, -0.1) is 0 Å². The molecule has 141 heavy (non-hydrogen) atoms. The zero-order valence-corrected chi connectivity index (χ0v) is 82.6. The van der Waals surface area contributed by atoms with Gasteiger partial charge in [0.2, 0.25) is 100 Å². The average Bonchev–Trinajstić information content (AvgIpc) is 1.70. The van der Waals surface area contributed by atoms with E-state index in [1.807, 2.05) is 0 Å². The van der Waals surface area contributed by atoms with Crippen molar-refractivity contribution in [3.63, 3.8) is 0 Å². The normalized spacial score (nSPS) is 17.2. The van der Waals surface area contributed by atoms with Crippen LogP contribution in [0.5, 0.6) is 11.5 Å². The maximum atomic E-state index is 14.9. The maximum absolute atomic E-state index is 14.9. The summed E-state index contributed by atoms with van der Waals surface area (Å²) in [7, 11) is 0. The number of phenolic OH excluding ortho intramolecular Hbond substituents is 2. The Balaban J connectivity index is 1.55. The lowest BCUT2D eigenvalue weighted by molar-refractivity contribution is -0.143. The van der Waals surface area contributed by atoms with E-state index in [-0.39, 0.29) is 146 Å². The minimum absolute atomic E-state index is 0.0436. The number of carbonyl (C=O) groups excluding carboxylic acids is 17. The second kappa shape index (κ2) is 62.6. The number of amides is 17. The lowest BCUT2D eigenvalue weighted by Crippen LogP contribution is -2.63. The van der Waals surface area contributed by atoms with Crippen molar-refractivity contribution in [2.45, 2.75) is 279 Å². The number of hydrogen-bond donors (Lipinski definition) is 33. The first kappa shape index (κ1) is 121. The van der Waals surface area contributed by atoms with Crippen LogP contribution in [0.1, 0.15) is 169 Å². The number of unbranched alkanes of at least 4 members (excludes halogenated alkanes) is 1. The number of nitrogens with two attached hydrogens (primary N) is 7.